The van der Waals surface area contributed by atoms with Gasteiger partial charge >= 0.3 is 29.6 Å². The number of nitrogens with two attached hydrogens (primary N) is 1. The summed E-state index contributed by atoms with van der Waals surface area (Å²) in [6, 6.07) is -1.28. The Morgan fingerprint density at radius 1 is 0.750 bits per heavy atom. The van der Waals surface area contributed by atoms with Gasteiger partial charge in [-0.3, -0.25) is 38.4 Å². The molecular weight excluding hydrogens is 1190 g/mol. The fourth-order valence-electron chi connectivity index (χ4n) is 10.6. The second-order valence-corrected chi connectivity index (χ2v) is 23.2. The maximum absolute atomic E-state index is 14.7. The average Bonchev–Trinajstić information content (AvgIpc) is 1.70. The number of hydrogen-bond donors (Lipinski definition) is 15. The number of carbonyl (C=O) groups excluding carboxylic acids is 8. The summed E-state index contributed by atoms with van der Waals surface area (Å²) in [4.78, 5) is 115. The van der Waals surface area contributed by atoms with Crippen LogP contribution in [-0.4, -0.2) is 215 Å². The fraction of sp³-hybridized carbons (Fsp3) is 0.571. The molecule has 16 N–H and O–H groups in total. The van der Waals surface area contributed by atoms with Crippen LogP contribution in [0.2, 0.25) is 0 Å². The van der Waals surface area contributed by atoms with E-state index in [0.29, 0.717) is 45.1 Å². The molecule has 15 atom stereocenters. The van der Waals surface area contributed by atoms with Crippen molar-refractivity contribution in [2.45, 2.75) is 177 Å². The molecule has 0 aliphatic carbocycles. The normalized spacial score (nSPS) is 26.6. The molecule has 3 aliphatic rings. The minimum Gasteiger partial charge on any atom is -0.716 e. The van der Waals surface area contributed by atoms with Crippen LogP contribution in [0.1, 0.15) is 113 Å². The maximum atomic E-state index is 14.7. The topological polar surface area (TPSA) is 487 Å². The van der Waals surface area contributed by atoms with E-state index >= 15 is 0 Å². The Morgan fingerprint density at radius 3 is 2.01 bits per heavy atom. The van der Waals surface area contributed by atoms with E-state index in [1.807, 2.05) is 10.6 Å². The molecule has 480 valence electrons. The third-order valence-electron chi connectivity index (χ3n) is 15.4. The van der Waals surface area contributed by atoms with Crippen LogP contribution in [0, 0.1) is 5.92 Å². The van der Waals surface area contributed by atoms with E-state index in [4.69, 9.17) is 10.5 Å². The number of hydrogen-bond acceptors (Lipinski definition) is 22. The first-order chi connectivity index (χ1) is 41.0. The van der Waals surface area contributed by atoms with Crippen LogP contribution in [0.3, 0.4) is 0 Å². The standard InChI is InChI=1S/C56H78N8O22S.Na/c1-4-5-6-7-8-9-10-11-18-85-34-16-14-29-19-32(13-12-30(29)20-34)49(74)58-35-23-39(69)52(77)62-54(79)45-46(71)27(2)25-64(45)56(81)43(38(68)24-41(57)70)60-53(78)44(48(73)47(72)31-15-17-37(67)40(21-31)86-87(82,83)84)61-51(76)36-22-33(66)26-63(36)55(80)42(28(3)65)59-50(35)75;/h12-17,19-21,27-28,33,35-36,38-39,42-48,52,65-69,71-73,77H,4-11,18,22-26H2,1-3H3,(H2,57,70)(H,58,74)(H,59,75)(H,60,78)(H,61,76)(H,62,79)(H,82,83,84);/q;+1/p-1/t27-,28+,33+,35+,36-,38+,39+,42?,43-,44-,45-,46-,47-,48-,52+;/m0./s1. The summed E-state index contributed by atoms with van der Waals surface area (Å²) in [5, 5.41) is 113. The van der Waals surface area contributed by atoms with Crippen LogP contribution in [0.25, 0.3) is 10.8 Å². The third-order valence-corrected chi connectivity index (χ3v) is 15.8. The fourth-order valence-corrected chi connectivity index (χ4v) is 11.0. The van der Waals surface area contributed by atoms with Crippen molar-refractivity contribution in [3.05, 3.63) is 65.7 Å². The average molecular weight is 1270 g/mol. The van der Waals surface area contributed by atoms with Gasteiger partial charge in [-0.2, -0.15) is 0 Å². The molecule has 3 aromatic rings. The molecule has 6 rings (SSSR count). The van der Waals surface area contributed by atoms with E-state index < -0.39 is 198 Å². The number of benzene rings is 3. The predicted octanol–water partition coefficient (Wildman–Crippen LogP) is -6.46. The van der Waals surface area contributed by atoms with Gasteiger partial charge in [0.05, 0.1) is 37.4 Å². The van der Waals surface area contributed by atoms with Crippen molar-refractivity contribution in [3.8, 4) is 17.2 Å². The first-order valence-corrected chi connectivity index (χ1v) is 29.8. The second-order valence-electron chi connectivity index (χ2n) is 22.2. The van der Waals surface area contributed by atoms with Gasteiger partial charge in [0.2, 0.25) is 41.4 Å². The van der Waals surface area contributed by atoms with E-state index in [-0.39, 0.29) is 35.1 Å². The van der Waals surface area contributed by atoms with Crippen molar-refractivity contribution in [1.82, 2.24) is 36.4 Å². The van der Waals surface area contributed by atoms with E-state index in [2.05, 4.69) is 27.1 Å². The van der Waals surface area contributed by atoms with Gasteiger partial charge in [0.1, 0.15) is 60.3 Å². The Balaban J connectivity index is 0.0000141. The SMILES string of the molecule is CCCCCCCCCCOc1ccc2cc(C(=O)N[C@@H]3C[C@@H](O)[C@@H](O)NC(=O)[C@@H]4[C@@H](O)[C@@H](C)CN4C(=O)[C@H]([C@H](O)CC(N)=O)NC(=O)[C@H]([C@H](O)[C@@H](O)c4ccc(O)c(OS(=O)(=O)[O-])c4)NC(=O)[C@@H]4C[C@@H](O)CN4C(=O)C([C@@H](C)O)NC3=O)ccc2c1.[Na+]. The molecule has 3 aromatic carbocycles. The number of fused-ring (bicyclic) bond motifs is 3. The minimum atomic E-state index is -5.60. The third kappa shape index (κ3) is 19.1. The molecule has 1 unspecified atom stereocenters. The van der Waals surface area contributed by atoms with Gasteiger partial charge in [0.25, 0.3) is 16.3 Å². The van der Waals surface area contributed by atoms with Gasteiger partial charge in [-0.15, -0.1) is 0 Å². The number of nitrogens with zero attached hydrogens (tertiary/aromatic N) is 2. The molecule has 3 heterocycles. The number of aromatic hydroxyl groups is 1. The summed E-state index contributed by atoms with van der Waals surface area (Å²) in [7, 11) is -5.60. The van der Waals surface area contributed by atoms with Crippen LogP contribution >= 0.6 is 0 Å². The largest absolute Gasteiger partial charge is 1.00 e. The number of phenols is 1. The monoisotopic (exact) mass is 1270 g/mol. The maximum Gasteiger partial charge on any atom is 1.00 e. The van der Waals surface area contributed by atoms with Crippen LogP contribution in [0.5, 0.6) is 17.2 Å². The van der Waals surface area contributed by atoms with Gasteiger partial charge in [-0.25, -0.2) is 8.42 Å². The number of primary amides is 1. The number of phenolic OH excluding ortho intramolecular Hbond substituents is 1. The second kappa shape index (κ2) is 32.4. The molecule has 3 aliphatic heterocycles. The quantitative estimate of drug-likeness (QED) is 0.0204. The molecule has 8 amide bonds. The molecule has 0 bridgehead atoms. The summed E-state index contributed by atoms with van der Waals surface area (Å²) in [6.07, 6.45) is -11.2. The number of carbonyl (C=O) groups is 8. The predicted molar refractivity (Wildman–Crippen MR) is 302 cm³/mol. The molecular formula is C56H77N8NaO22S. The number of rotatable bonds is 21. The minimum absolute atomic E-state index is 0. The molecule has 0 radical (unpaired) electrons. The van der Waals surface area contributed by atoms with Crippen molar-refractivity contribution < 1.29 is 136 Å². The summed E-state index contributed by atoms with van der Waals surface area (Å²) >= 11 is 0. The van der Waals surface area contributed by atoms with Crippen molar-refractivity contribution in [3.63, 3.8) is 0 Å². The smallest absolute Gasteiger partial charge is 0.716 e. The van der Waals surface area contributed by atoms with E-state index in [1.165, 1.54) is 44.7 Å². The van der Waals surface area contributed by atoms with Crippen LogP contribution < -0.4 is 70.8 Å². The van der Waals surface area contributed by atoms with E-state index in [1.54, 1.807) is 24.3 Å². The Kier molecular flexibility index (Phi) is 26.7. The van der Waals surface area contributed by atoms with E-state index in [9.17, 15) is 97.3 Å². The molecule has 0 aromatic heterocycles. The first-order valence-electron chi connectivity index (χ1n) is 28.5. The number of aliphatic hydroxyl groups excluding tert-OH is 8. The zero-order valence-corrected chi connectivity index (χ0v) is 51.8. The van der Waals surface area contributed by atoms with Crippen LogP contribution in [0.4, 0.5) is 0 Å². The first kappa shape index (κ1) is 72.4. The van der Waals surface area contributed by atoms with Crippen molar-refractivity contribution >= 4 is 68.4 Å². The molecule has 0 saturated carbocycles. The summed E-state index contributed by atoms with van der Waals surface area (Å²) in [6.45, 7) is 3.77. The molecule has 3 fully saturated rings. The van der Waals surface area contributed by atoms with Crippen molar-refractivity contribution in [1.29, 1.82) is 0 Å². The molecule has 3 saturated heterocycles. The Morgan fingerprint density at radius 2 is 1.36 bits per heavy atom. The van der Waals surface area contributed by atoms with Gasteiger partial charge in [0, 0.05) is 37.4 Å². The van der Waals surface area contributed by atoms with Crippen LogP contribution in [-0.2, 0) is 44.0 Å². The van der Waals surface area contributed by atoms with Gasteiger partial charge in [0.15, 0.2) is 17.7 Å². The Bertz CT molecular complexity index is 3090. The van der Waals surface area contributed by atoms with Crippen molar-refractivity contribution in [2.24, 2.45) is 11.7 Å². The van der Waals surface area contributed by atoms with Crippen molar-refractivity contribution in [2.75, 3.05) is 19.7 Å². The number of amides is 8. The Labute approximate surface area is 528 Å². The molecule has 0 spiro atoms. The van der Waals surface area contributed by atoms with Gasteiger partial charge in [-0.05, 0) is 66.1 Å². The summed E-state index contributed by atoms with van der Waals surface area (Å²) < 4.78 is 44.5. The number of ether oxygens (including phenoxy) is 1. The molecule has 88 heavy (non-hydrogen) atoms. The zero-order valence-electron chi connectivity index (χ0n) is 49.0. The van der Waals surface area contributed by atoms with Gasteiger partial charge in [-0.1, -0.05) is 77.0 Å². The summed E-state index contributed by atoms with van der Waals surface area (Å²) in [5.41, 5.74) is 4.69. The molecule has 30 nitrogen and oxygen atoms in total. The zero-order chi connectivity index (χ0) is 64.2. The van der Waals surface area contributed by atoms with E-state index in [0.717, 1.165) is 38.7 Å². The number of unbranched alkanes of at least 4 members (excludes halogenated alkanes) is 7. The Hall–Kier alpha value is -6.33. The molecule has 32 heteroatoms. The number of aliphatic hydroxyl groups is 8. The van der Waals surface area contributed by atoms with Crippen LogP contribution in [0.15, 0.2) is 54.6 Å². The number of nitrogens with one attached hydrogen (secondary N) is 5. The summed E-state index contributed by atoms with van der Waals surface area (Å²) in [5.74, 6) is -13.3. The van der Waals surface area contributed by atoms with Gasteiger partial charge < -0.3 is 102 Å².